The number of piperidine rings is 1. The molecule has 176 valence electrons. The third kappa shape index (κ3) is 5.94. The van der Waals surface area contributed by atoms with Gasteiger partial charge in [0.15, 0.2) is 0 Å². The van der Waals surface area contributed by atoms with Crippen molar-refractivity contribution in [3.05, 3.63) is 35.9 Å². The van der Waals surface area contributed by atoms with E-state index < -0.39 is 5.60 Å². The predicted octanol–water partition coefficient (Wildman–Crippen LogP) is 3.83. The zero-order valence-electron chi connectivity index (χ0n) is 19.7. The Hall–Kier alpha value is -2.28. The molecule has 0 spiro atoms. The summed E-state index contributed by atoms with van der Waals surface area (Å²) in [6, 6.07) is 9.81. The lowest BCUT2D eigenvalue weighted by atomic mass is 9.96. The van der Waals surface area contributed by atoms with Crippen molar-refractivity contribution < 1.29 is 19.1 Å². The molecule has 1 aromatic rings. The largest absolute Gasteiger partial charge is 0.445 e. The molecule has 32 heavy (non-hydrogen) atoms. The third-order valence-electron chi connectivity index (χ3n) is 6.81. The first-order chi connectivity index (χ1) is 15.3. The minimum absolute atomic E-state index is 0.176. The molecule has 1 aromatic carbocycles. The number of nitrogens with zero attached hydrogens (tertiary/aromatic N) is 3. The lowest BCUT2D eigenvalue weighted by molar-refractivity contribution is 0.0271. The molecule has 7 nitrogen and oxygen atoms in total. The summed E-state index contributed by atoms with van der Waals surface area (Å²) in [6.45, 7) is 12.4. The number of amides is 2. The Morgan fingerprint density at radius 2 is 1.53 bits per heavy atom. The van der Waals surface area contributed by atoms with Crippen molar-refractivity contribution in [3.63, 3.8) is 0 Å². The summed E-state index contributed by atoms with van der Waals surface area (Å²) in [4.78, 5) is 31.0. The summed E-state index contributed by atoms with van der Waals surface area (Å²) < 4.78 is 11.0. The van der Waals surface area contributed by atoms with Crippen molar-refractivity contribution in [2.75, 3.05) is 45.8 Å². The second-order valence-corrected chi connectivity index (χ2v) is 10.6. The average molecular weight is 444 g/mol. The molecular weight excluding hydrogens is 406 g/mol. The first-order valence-electron chi connectivity index (χ1n) is 11.9. The molecule has 7 heteroatoms. The fourth-order valence-corrected chi connectivity index (χ4v) is 5.19. The van der Waals surface area contributed by atoms with Gasteiger partial charge in [0.25, 0.3) is 0 Å². The van der Waals surface area contributed by atoms with Gasteiger partial charge in [-0.2, -0.15) is 0 Å². The Morgan fingerprint density at radius 1 is 0.906 bits per heavy atom. The van der Waals surface area contributed by atoms with Gasteiger partial charge in [-0.05, 0) is 56.9 Å². The van der Waals surface area contributed by atoms with Crippen LogP contribution in [0.4, 0.5) is 9.59 Å². The fraction of sp³-hybridized carbons (Fsp3) is 0.680. The molecule has 2 atom stereocenters. The van der Waals surface area contributed by atoms with E-state index in [-0.39, 0.29) is 12.2 Å². The zero-order chi connectivity index (χ0) is 22.7. The molecule has 3 saturated heterocycles. The SMILES string of the molecule is CC(C)(C)OC(=O)N1CC2CN(CC3CCN(C(=O)OCc4ccccc4)CC3)CC2C1. The van der Waals surface area contributed by atoms with E-state index in [1.165, 1.54) is 0 Å². The number of rotatable bonds is 4. The van der Waals surface area contributed by atoms with E-state index in [2.05, 4.69) is 4.90 Å². The maximum atomic E-state index is 12.4. The van der Waals surface area contributed by atoms with E-state index in [1.807, 2.05) is 60.9 Å². The minimum Gasteiger partial charge on any atom is -0.445 e. The molecule has 2 amide bonds. The van der Waals surface area contributed by atoms with Crippen LogP contribution < -0.4 is 0 Å². The maximum Gasteiger partial charge on any atom is 0.410 e. The molecule has 3 aliphatic heterocycles. The average Bonchev–Trinajstić information content (AvgIpc) is 3.31. The first-order valence-corrected chi connectivity index (χ1v) is 11.9. The highest BCUT2D eigenvalue weighted by Gasteiger charge is 2.43. The van der Waals surface area contributed by atoms with E-state index in [0.29, 0.717) is 24.4 Å². The quantitative estimate of drug-likeness (QED) is 0.708. The molecule has 0 aliphatic carbocycles. The van der Waals surface area contributed by atoms with Crippen LogP contribution in [-0.2, 0) is 16.1 Å². The van der Waals surface area contributed by atoms with Gasteiger partial charge in [-0.3, -0.25) is 0 Å². The van der Waals surface area contributed by atoms with E-state index in [1.54, 1.807) is 0 Å². The standard InChI is InChI=1S/C25H37N3O4/c1-25(2,3)32-24(30)28-16-21-14-26(15-22(21)17-28)13-19-9-11-27(12-10-19)23(29)31-18-20-7-5-4-6-8-20/h4-8,19,21-22H,9-18H2,1-3H3. The molecule has 3 fully saturated rings. The second kappa shape index (κ2) is 9.69. The summed E-state index contributed by atoms with van der Waals surface area (Å²) in [7, 11) is 0. The molecule has 0 bridgehead atoms. The number of carbonyl (C=O) groups excluding carboxylic acids is 2. The van der Waals surface area contributed by atoms with Crippen LogP contribution in [0.2, 0.25) is 0 Å². The van der Waals surface area contributed by atoms with Gasteiger partial charge in [-0.15, -0.1) is 0 Å². The Labute approximate surface area is 191 Å². The lowest BCUT2D eigenvalue weighted by Crippen LogP contribution is -2.42. The van der Waals surface area contributed by atoms with Gasteiger partial charge in [0.1, 0.15) is 12.2 Å². The minimum atomic E-state index is -0.441. The highest BCUT2D eigenvalue weighted by molar-refractivity contribution is 5.68. The topological polar surface area (TPSA) is 62.3 Å². The summed E-state index contributed by atoms with van der Waals surface area (Å²) in [5.41, 5.74) is 0.574. The van der Waals surface area contributed by atoms with E-state index in [4.69, 9.17) is 9.47 Å². The number of benzene rings is 1. The number of likely N-dealkylation sites (tertiary alicyclic amines) is 3. The van der Waals surface area contributed by atoms with Crippen LogP contribution in [0.1, 0.15) is 39.2 Å². The number of hydrogen-bond acceptors (Lipinski definition) is 5. The fourth-order valence-electron chi connectivity index (χ4n) is 5.19. The molecule has 0 radical (unpaired) electrons. The van der Waals surface area contributed by atoms with Crippen LogP contribution in [0, 0.1) is 17.8 Å². The van der Waals surface area contributed by atoms with Crippen molar-refractivity contribution in [2.45, 2.75) is 45.8 Å². The molecule has 2 unspecified atom stereocenters. The van der Waals surface area contributed by atoms with Crippen LogP contribution in [-0.4, -0.2) is 78.3 Å². The van der Waals surface area contributed by atoms with Gasteiger partial charge in [0.05, 0.1) is 0 Å². The molecule has 0 aromatic heterocycles. The Balaban J connectivity index is 1.15. The van der Waals surface area contributed by atoms with Crippen LogP contribution in [0.5, 0.6) is 0 Å². The van der Waals surface area contributed by atoms with E-state index >= 15 is 0 Å². The first kappa shape index (κ1) is 22.9. The predicted molar refractivity (Wildman–Crippen MR) is 122 cm³/mol. The highest BCUT2D eigenvalue weighted by atomic mass is 16.6. The Bertz CT molecular complexity index is 772. The van der Waals surface area contributed by atoms with Gasteiger partial charge in [-0.25, -0.2) is 9.59 Å². The molecular formula is C25H37N3O4. The van der Waals surface area contributed by atoms with Gasteiger partial charge in [0.2, 0.25) is 0 Å². The monoisotopic (exact) mass is 443 g/mol. The summed E-state index contributed by atoms with van der Waals surface area (Å²) in [5.74, 6) is 1.72. The molecule has 4 rings (SSSR count). The van der Waals surface area contributed by atoms with E-state index in [0.717, 1.165) is 64.2 Å². The second-order valence-electron chi connectivity index (χ2n) is 10.6. The third-order valence-corrected chi connectivity index (χ3v) is 6.81. The summed E-state index contributed by atoms with van der Waals surface area (Å²) in [5, 5.41) is 0. The lowest BCUT2D eigenvalue weighted by Gasteiger charge is -2.33. The van der Waals surface area contributed by atoms with E-state index in [9.17, 15) is 9.59 Å². The van der Waals surface area contributed by atoms with Crippen LogP contribution in [0.25, 0.3) is 0 Å². The number of carbonyl (C=O) groups is 2. The van der Waals surface area contributed by atoms with Crippen LogP contribution in [0.3, 0.4) is 0 Å². The smallest absolute Gasteiger partial charge is 0.410 e. The number of hydrogen-bond donors (Lipinski definition) is 0. The van der Waals surface area contributed by atoms with Crippen molar-refractivity contribution in [2.24, 2.45) is 17.8 Å². The van der Waals surface area contributed by atoms with Gasteiger partial charge < -0.3 is 24.2 Å². The Kier molecular flexibility index (Phi) is 6.93. The van der Waals surface area contributed by atoms with Gasteiger partial charge >= 0.3 is 12.2 Å². The van der Waals surface area contributed by atoms with Crippen molar-refractivity contribution >= 4 is 12.2 Å². The molecule has 3 aliphatic rings. The summed E-state index contributed by atoms with van der Waals surface area (Å²) >= 11 is 0. The van der Waals surface area contributed by atoms with Crippen molar-refractivity contribution in [1.29, 1.82) is 0 Å². The zero-order valence-corrected chi connectivity index (χ0v) is 19.7. The van der Waals surface area contributed by atoms with Crippen LogP contribution in [0.15, 0.2) is 30.3 Å². The van der Waals surface area contributed by atoms with Gasteiger partial charge in [0, 0.05) is 45.8 Å². The normalized spacial score (nSPS) is 24.5. The highest BCUT2D eigenvalue weighted by Crippen LogP contribution is 2.33. The van der Waals surface area contributed by atoms with Crippen LogP contribution >= 0.6 is 0 Å². The summed E-state index contributed by atoms with van der Waals surface area (Å²) in [6.07, 6.45) is 1.67. The number of fused-ring (bicyclic) bond motifs is 1. The van der Waals surface area contributed by atoms with Crippen molar-refractivity contribution in [1.82, 2.24) is 14.7 Å². The maximum absolute atomic E-state index is 12.4. The molecule has 3 heterocycles. The van der Waals surface area contributed by atoms with Gasteiger partial charge in [-0.1, -0.05) is 30.3 Å². The molecule has 0 N–H and O–H groups in total. The number of ether oxygens (including phenoxy) is 2. The molecule has 0 saturated carbocycles. The van der Waals surface area contributed by atoms with Crippen molar-refractivity contribution in [3.8, 4) is 0 Å². The Morgan fingerprint density at radius 3 is 2.12 bits per heavy atom.